The quantitative estimate of drug-likeness (QED) is 0.818. The predicted molar refractivity (Wildman–Crippen MR) is 61.9 cm³/mol. The van der Waals surface area contributed by atoms with Crippen LogP contribution >= 0.6 is 11.6 Å². The molecule has 0 unspecified atom stereocenters. The van der Waals surface area contributed by atoms with Gasteiger partial charge in [0.25, 0.3) is 5.91 Å². The topological polar surface area (TPSA) is 45.2 Å². The number of nitrogens with zero attached hydrogens (tertiary/aromatic N) is 2. The number of anilines is 1. The maximum Gasteiger partial charge on any atom is 0.251 e. The lowest BCUT2D eigenvalue weighted by Gasteiger charge is -2.12. The van der Waals surface area contributed by atoms with Crippen LogP contribution in [0.15, 0.2) is 12.1 Å². The summed E-state index contributed by atoms with van der Waals surface area (Å²) >= 11 is 5.78. The third-order valence-corrected chi connectivity index (χ3v) is 2.07. The minimum atomic E-state index is -0.592. The number of alkyl halides is 1. The summed E-state index contributed by atoms with van der Waals surface area (Å²) in [5.74, 6) is 0.225. The van der Waals surface area contributed by atoms with Crippen LogP contribution in [0.25, 0.3) is 0 Å². The Bertz CT molecular complexity index is 384. The van der Waals surface area contributed by atoms with Gasteiger partial charge in [-0.15, -0.1) is 0 Å². The van der Waals surface area contributed by atoms with Crippen molar-refractivity contribution in [1.82, 2.24) is 10.3 Å². The van der Waals surface area contributed by atoms with Gasteiger partial charge in [0.05, 0.1) is 0 Å². The molecule has 0 aliphatic carbocycles. The van der Waals surface area contributed by atoms with Gasteiger partial charge in [-0.25, -0.2) is 9.37 Å². The summed E-state index contributed by atoms with van der Waals surface area (Å²) in [6, 6.07) is 3.04. The van der Waals surface area contributed by atoms with Gasteiger partial charge in [0, 0.05) is 26.2 Å². The molecule has 0 aliphatic rings. The zero-order valence-corrected chi connectivity index (χ0v) is 9.88. The van der Waals surface area contributed by atoms with E-state index in [2.05, 4.69) is 10.3 Å². The van der Waals surface area contributed by atoms with E-state index in [-0.39, 0.29) is 17.6 Å². The summed E-state index contributed by atoms with van der Waals surface area (Å²) in [4.78, 5) is 17.3. The summed E-state index contributed by atoms with van der Waals surface area (Å²) < 4.78 is 11.9. The Morgan fingerprint density at radius 1 is 1.56 bits per heavy atom. The highest BCUT2D eigenvalue weighted by Crippen LogP contribution is 2.16. The lowest BCUT2D eigenvalue weighted by atomic mass is 10.2. The fourth-order valence-corrected chi connectivity index (χ4v) is 1.31. The molecule has 0 saturated carbocycles. The minimum absolute atomic E-state index is 0.00390. The fraction of sp³-hybridized carbons (Fsp3) is 0.400. The van der Waals surface area contributed by atoms with Crippen LogP contribution in [0.5, 0.6) is 0 Å². The van der Waals surface area contributed by atoms with Gasteiger partial charge in [0.2, 0.25) is 0 Å². The van der Waals surface area contributed by atoms with Crippen molar-refractivity contribution in [1.29, 1.82) is 0 Å². The van der Waals surface area contributed by atoms with Gasteiger partial charge in [-0.2, -0.15) is 0 Å². The first kappa shape index (κ1) is 12.7. The van der Waals surface area contributed by atoms with Crippen LogP contribution in [0.3, 0.4) is 0 Å². The first-order valence-corrected chi connectivity index (χ1v) is 5.11. The number of carbonyl (C=O) groups is 1. The van der Waals surface area contributed by atoms with Crippen molar-refractivity contribution in [2.45, 2.75) is 0 Å². The molecule has 0 spiro atoms. The third kappa shape index (κ3) is 3.34. The molecule has 1 rings (SSSR count). The summed E-state index contributed by atoms with van der Waals surface area (Å²) in [6.07, 6.45) is 0. The Morgan fingerprint density at radius 3 is 2.81 bits per heavy atom. The van der Waals surface area contributed by atoms with Crippen molar-refractivity contribution < 1.29 is 9.18 Å². The van der Waals surface area contributed by atoms with Crippen molar-refractivity contribution in [3.8, 4) is 0 Å². The number of rotatable bonds is 4. The molecule has 0 aliphatic heterocycles. The highest BCUT2D eigenvalue weighted by Gasteiger charge is 2.09. The molecule has 0 bridgehead atoms. The Labute approximate surface area is 98.4 Å². The molecular formula is C10H13ClFN3O. The van der Waals surface area contributed by atoms with Gasteiger partial charge in [-0.05, 0) is 12.1 Å². The first-order chi connectivity index (χ1) is 7.54. The van der Waals surface area contributed by atoms with E-state index in [0.29, 0.717) is 11.4 Å². The summed E-state index contributed by atoms with van der Waals surface area (Å²) in [5.41, 5.74) is 0.372. The number of hydrogen-bond donors (Lipinski definition) is 1. The highest BCUT2D eigenvalue weighted by molar-refractivity contribution is 6.29. The SMILES string of the molecule is CN(C)c1cc(C(=O)NCCF)cc(Cl)n1. The normalized spacial score (nSPS) is 10.0. The molecule has 1 aromatic rings. The number of amides is 1. The van der Waals surface area contributed by atoms with Crippen LogP contribution < -0.4 is 10.2 Å². The van der Waals surface area contributed by atoms with Crippen molar-refractivity contribution in [3.05, 3.63) is 22.8 Å². The van der Waals surface area contributed by atoms with Crippen LogP contribution in [0, 0.1) is 0 Å². The Hall–Kier alpha value is -1.36. The number of nitrogens with one attached hydrogen (secondary N) is 1. The molecule has 0 aromatic carbocycles. The van der Waals surface area contributed by atoms with Crippen LogP contribution in [0.2, 0.25) is 5.15 Å². The van der Waals surface area contributed by atoms with Crippen molar-refractivity contribution in [3.63, 3.8) is 0 Å². The lowest BCUT2D eigenvalue weighted by Crippen LogP contribution is -2.26. The molecule has 0 atom stereocenters. The Kier molecular flexibility index (Phi) is 4.49. The maximum absolute atomic E-state index is 11.9. The Balaban J connectivity index is 2.91. The molecule has 0 radical (unpaired) electrons. The second kappa shape index (κ2) is 5.65. The van der Waals surface area contributed by atoms with E-state index in [1.165, 1.54) is 6.07 Å². The second-order valence-electron chi connectivity index (χ2n) is 3.38. The van der Waals surface area contributed by atoms with Gasteiger partial charge in [-0.3, -0.25) is 4.79 Å². The van der Waals surface area contributed by atoms with Crippen molar-refractivity contribution >= 4 is 23.3 Å². The summed E-state index contributed by atoms with van der Waals surface area (Å²) in [7, 11) is 3.59. The number of halogens is 2. The lowest BCUT2D eigenvalue weighted by molar-refractivity contribution is 0.0950. The monoisotopic (exact) mass is 245 g/mol. The predicted octanol–water partition coefficient (Wildman–Crippen LogP) is 1.50. The summed E-state index contributed by atoms with van der Waals surface area (Å²) in [5, 5.41) is 2.66. The van der Waals surface area contributed by atoms with Gasteiger partial charge >= 0.3 is 0 Å². The van der Waals surface area contributed by atoms with Gasteiger partial charge in [0.15, 0.2) is 0 Å². The smallest absolute Gasteiger partial charge is 0.251 e. The van der Waals surface area contributed by atoms with E-state index < -0.39 is 6.67 Å². The molecule has 1 N–H and O–H groups in total. The molecule has 88 valence electrons. The number of hydrogen-bond acceptors (Lipinski definition) is 3. The fourth-order valence-electron chi connectivity index (χ4n) is 1.11. The molecule has 6 heteroatoms. The number of pyridine rings is 1. The van der Waals surface area contributed by atoms with Crippen molar-refractivity contribution in [2.75, 3.05) is 32.2 Å². The standard InChI is InChI=1S/C10H13ClFN3O/c1-15(2)9-6-7(5-8(11)14-9)10(16)13-4-3-12/h5-6H,3-4H2,1-2H3,(H,13,16). The third-order valence-electron chi connectivity index (χ3n) is 1.88. The first-order valence-electron chi connectivity index (χ1n) is 4.73. The average Bonchev–Trinajstić information content (AvgIpc) is 2.24. The van der Waals surface area contributed by atoms with E-state index in [1.807, 2.05) is 0 Å². The van der Waals surface area contributed by atoms with Gasteiger partial charge < -0.3 is 10.2 Å². The maximum atomic E-state index is 11.9. The van der Waals surface area contributed by atoms with E-state index in [0.717, 1.165) is 0 Å². The molecule has 4 nitrogen and oxygen atoms in total. The Morgan fingerprint density at radius 2 is 2.25 bits per heavy atom. The van der Waals surface area contributed by atoms with E-state index in [4.69, 9.17) is 11.6 Å². The molecular weight excluding hydrogens is 233 g/mol. The van der Waals surface area contributed by atoms with Crippen LogP contribution in [-0.2, 0) is 0 Å². The zero-order chi connectivity index (χ0) is 12.1. The van der Waals surface area contributed by atoms with E-state index in [9.17, 15) is 9.18 Å². The molecule has 16 heavy (non-hydrogen) atoms. The molecule has 1 aromatic heterocycles. The van der Waals surface area contributed by atoms with Crippen molar-refractivity contribution in [2.24, 2.45) is 0 Å². The summed E-state index contributed by atoms with van der Waals surface area (Å²) in [6.45, 7) is -0.596. The highest BCUT2D eigenvalue weighted by atomic mass is 35.5. The molecule has 1 heterocycles. The van der Waals surface area contributed by atoms with Crippen LogP contribution in [0.1, 0.15) is 10.4 Å². The molecule has 0 fully saturated rings. The van der Waals surface area contributed by atoms with E-state index >= 15 is 0 Å². The molecule has 1 amide bonds. The zero-order valence-electron chi connectivity index (χ0n) is 9.13. The number of carbonyl (C=O) groups excluding carboxylic acids is 1. The van der Waals surface area contributed by atoms with Gasteiger partial charge in [0.1, 0.15) is 17.6 Å². The van der Waals surface area contributed by atoms with Crippen LogP contribution in [-0.4, -0.2) is 38.2 Å². The van der Waals surface area contributed by atoms with Crippen LogP contribution in [0.4, 0.5) is 10.2 Å². The minimum Gasteiger partial charge on any atom is -0.363 e. The van der Waals surface area contributed by atoms with Gasteiger partial charge in [-0.1, -0.05) is 11.6 Å². The number of aromatic nitrogens is 1. The van der Waals surface area contributed by atoms with E-state index in [1.54, 1.807) is 25.1 Å². The average molecular weight is 246 g/mol. The second-order valence-corrected chi connectivity index (χ2v) is 3.76. The largest absolute Gasteiger partial charge is 0.363 e. The molecule has 0 saturated heterocycles.